The van der Waals surface area contributed by atoms with E-state index in [2.05, 4.69) is 40.7 Å². The molecule has 0 radical (unpaired) electrons. The zero-order valence-electron chi connectivity index (χ0n) is 45.6. The smallest absolute Gasteiger partial charge is 0.312 e. The number of allylic oxidation sites excluding steroid dienone is 2. The predicted molar refractivity (Wildman–Crippen MR) is 265 cm³/mol. The molecular formula is C54H86O25. The lowest BCUT2D eigenvalue weighted by atomic mass is 9.34. The van der Waals surface area contributed by atoms with Gasteiger partial charge in [-0.15, -0.1) is 0 Å². The monoisotopic (exact) mass is 1130 g/mol. The van der Waals surface area contributed by atoms with Crippen molar-refractivity contribution in [2.75, 3.05) is 26.4 Å². The van der Waals surface area contributed by atoms with Gasteiger partial charge in [0, 0.05) is 0 Å². The highest BCUT2D eigenvalue weighted by Crippen LogP contribution is 2.75. The Balaban J connectivity index is 0.978. The van der Waals surface area contributed by atoms with E-state index in [1.165, 1.54) is 5.57 Å². The molecule has 4 aliphatic heterocycles. The number of carboxylic acids is 1. The van der Waals surface area contributed by atoms with Gasteiger partial charge in [0.15, 0.2) is 18.9 Å². The molecule has 4 saturated heterocycles. The zero-order chi connectivity index (χ0) is 57.8. The molecule has 0 aromatic carbocycles. The van der Waals surface area contributed by atoms with Crippen LogP contribution in [0.1, 0.15) is 99.3 Å². The number of carbonyl (C=O) groups excluding carboxylic acids is 1. The maximum atomic E-state index is 15.0. The summed E-state index contributed by atoms with van der Waals surface area (Å²) in [6.45, 7) is 9.36. The normalized spacial score (nSPS) is 53.5. The van der Waals surface area contributed by atoms with Crippen molar-refractivity contribution in [3.8, 4) is 0 Å². The summed E-state index contributed by atoms with van der Waals surface area (Å²) in [6.07, 6.45) is -29.8. The van der Waals surface area contributed by atoms with Gasteiger partial charge < -0.3 is 114 Å². The van der Waals surface area contributed by atoms with Crippen molar-refractivity contribution < 1.29 is 124 Å². The number of rotatable bonds is 13. The lowest BCUT2D eigenvalue weighted by Crippen LogP contribution is -2.66. The van der Waals surface area contributed by atoms with Gasteiger partial charge in [-0.3, -0.25) is 9.59 Å². The first-order valence-corrected chi connectivity index (χ1v) is 28.0. The van der Waals surface area contributed by atoms with Crippen LogP contribution in [0.3, 0.4) is 0 Å². The molecule has 25 nitrogen and oxygen atoms in total. The SMILES string of the molecule is CC1(C)CC(C(=O)OC2OC(COC3OC(CO)C(O)C(O)C3OC3OC(CO)C(O)C(O)C3O)C(O)C(OC3OC(CO)C(O)C(O)C3O)C2O)C2CCC3(C)C(=CCC4C5(C)CCC(O)C(C)(C(=O)O)C5CCC43C)C2C1. The zero-order valence-corrected chi connectivity index (χ0v) is 45.6. The number of carbonyl (C=O) groups is 2. The Labute approximate surface area is 457 Å². The molecule has 30 atom stereocenters. The van der Waals surface area contributed by atoms with E-state index < -0.39 is 184 Å². The van der Waals surface area contributed by atoms with E-state index in [9.17, 15) is 81.4 Å². The molecule has 9 aliphatic rings. The van der Waals surface area contributed by atoms with E-state index in [4.69, 9.17) is 37.9 Å². The van der Waals surface area contributed by atoms with Gasteiger partial charge in [-0.1, -0.05) is 46.3 Å². The first-order chi connectivity index (χ1) is 37.0. The molecule has 0 aromatic rings. The van der Waals surface area contributed by atoms with Gasteiger partial charge in [0.05, 0.1) is 43.9 Å². The Morgan fingerprint density at radius 1 is 0.570 bits per heavy atom. The molecule has 15 N–H and O–H groups in total. The summed E-state index contributed by atoms with van der Waals surface area (Å²) in [5, 5.41) is 161. The van der Waals surface area contributed by atoms with Gasteiger partial charge in [-0.2, -0.15) is 0 Å². The van der Waals surface area contributed by atoms with Gasteiger partial charge >= 0.3 is 11.9 Å². The molecular weight excluding hydrogens is 1050 g/mol. The van der Waals surface area contributed by atoms with Crippen molar-refractivity contribution in [1.82, 2.24) is 0 Å². The number of aliphatic hydroxyl groups is 14. The van der Waals surface area contributed by atoms with Crippen LogP contribution in [-0.2, 0) is 47.5 Å². The minimum absolute atomic E-state index is 0.0755. The van der Waals surface area contributed by atoms with Crippen LogP contribution in [0.2, 0.25) is 0 Å². The third-order valence-electron chi connectivity index (χ3n) is 21.3. The first kappa shape index (κ1) is 61.4. The van der Waals surface area contributed by atoms with Crippen LogP contribution in [0.4, 0.5) is 0 Å². The highest BCUT2D eigenvalue weighted by Gasteiger charge is 2.70. The van der Waals surface area contributed by atoms with E-state index in [0.29, 0.717) is 44.9 Å². The Morgan fingerprint density at radius 2 is 1.11 bits per heavy atom. The van der Waals surface area contributed by atoms with Crippen LogP contribution in [0.15, 0.2) is 11.6 Å². The van der Waals surface area contributed by atoms with E-state index in [1.54, 1.807) is 6.92 Å². The van der Waals surface area contributed by atoms with E-state index in [0.717, 1.165) is 12.8 Å². The van der Waals surface area contributed by atoms with Crippen molar-refractivity contribution >= 4 is 11.9 Å². The first-order valence-electron chi connectivity index (χ1n) is 28.0. The summed E-state index contributed by atoms with van der Waals surface area (Å²) in [4.78, 5) is 28.0. The Kier molecular flexibility index (Phi) is 17.6. The number of fused-ring (bicyclic) bond motifs is 7. The molecule has 0 bridgehead atoms. The van der Waals surface area contributed by atoms with Crippen LogP contribution in [0, 0.1) is 56.7 Å². The average molecular weight is 1140 g/mol. The van der Waals surface area contributed by atoms with Crippen molar-refractivity contribution in [3.05, 3.63) is 11.6 Å². The highest BCUT2D eigenvalue weighted by atomic mass is 16.8. The molecule has 0 amide bonds. The summed E-state index contributed by atoms with van der Waals surface area (Å²) < 4.78 is 46.8. The second-order valence-electron chi connectivity index (χ2n) is 26.0. The quantitative estimate of drug-likeness (QED) is 0.0641. The summed E-state index contributed by atoms with van der Waals surface area (Å²) in [5.74, 6) is -2.89. The summed E-state index contributed by atoms with van der Waals surface area (Å²) in [5.41, 5.74) is -1.37. The largest absolute Gasteiger partial charge is 0.481 e. The topological polar surface area (TPSA) is 411 Å². The lowest BCUT2D eigenvalue weighted by Gasteiger charge is -2.70. The summed E-state index contributed by atoms with van der Waals surface area (Å²) in [7, 11) is 0. The van der Waals surface area contributed by atoms with Gasteiger partial charge in [0.2, 0.25) is 6.29 Å². The van der Waals surface area contributed by atoms with Gasteiger partial charge in [-0.05, 0) is 110 Å². The molecule has 5 aliphatic carbocycles. The minimum atomic E-state index is -2.06. The molecule has 4 saturated carbocycles. The summed E-state index contributed by atoms with van der Waals surface area (Å²) in [6, 6.07) is 0. The minimum Gasteiger partial charge on any atom is -0.481 e. The molecule has 452 valence electrons. The standard InChI is InChI=1S/C54H86O25/c1-50(2)15-22-21(9-13-52(4)24(22)7-8-29-51(3)12-11-31(58)54(6,49(70)71)30(51)10-14-53(29,52)5)23(16-50)44(69)79-47-41(68)42(77-45-39(66)36(63)32(59)25(17-55)73-45)35(62)28(76-47)20-72-48-43(38(65)34(61)27(19-57)75-48)78-46-40(67)37(64)33(60)26(18-56)74-46/h7,21-23,25-43,45-48,55-68H,8-20H2,1-6H3,(H,70,71). The van der Waals surface area contributed by atoms with E-state index >= 15 is 4.79 Å². The van der Waals surface area contributed by atoms with Crippen molar-refractivity contribution in [2.24, 2.45) is 56.7 Å². The van der Waals surface area contributed by atoms with Crippen LogP contribution < -0.4 is 0 Å². The number of hydrogen-bond donors (Lipinski definition) is 15. The molecule has 0 spiro atoms. The molecule has 0 aromatic heterocycles. The molecule has 8 fully saturated rings. The Morgan fingerprint density at radius 3 is 1.68 bits per heavy atom. The number of ether oxygens (including phenoxy) is 8. The molecule has 79 heavy (non-hydrogen) atoms. The van der Waals surface area contributed by atoms with Gasteiger partial charge in [0.25, 0.3) is 0 Å². The van der Waals surface area contributed by atoms with Crippen LogP contribution in [-0.4, -0.2) is 244 Å². The fraction of sp³-hybridized carbons (Fsp3) is 0.926. The number of esters is 1. The Bertz CT molecular complexity index is 2200. The van der Waals surface area contributed by atoms with Crippen LogP contribution in [0.25, 0.3) is 0 Å². The maximum Gasteiger partial charge on any atom is 0.312 e. The second kappa shape index (κ2) is 22.7. The van der Waals surface area contributed by atoms with Gasteiger partial charge in [-0.25, -0.2) is 0 Å². The number of hydrogen-bond acceptors (Lipinski definition) is 24. The van der Waals surface area contributed by atoms with Crippen molar-refractivity contribution in [2.45, 2.75) is 228 Å². The van der Waals surface area contributed by atoms with Gasteiger partial charge in [0.1, 0.15) is 97.7 Å². The predicted octanol–water partition coefficient (Wildman–Crippen LogP) is -3.11. The molecule has 30 unspecified atom stereocenters. The number of carboxylic acid groups (broad SMARTS) is 1. The highest BCUT2D eigenvalue weighted by molar-refractivity contribution is 5.76. The summed E-state index contributed by atoms with van der Waals surface area (Å²) >= 11 is 0. The molecule has 25 heteroatoms. The third kappa shape index (κ3) is 10.3. The lowest BCUT2D eigenvalue weighted by molar-refractivity contribution is -0.377. The average Bonchev–Trinajstić information content (AvgIpc) is 2.76. The Hall–Kier alpha value is -2.16. The van der Waals surface area contributed by atoms with Crippen molar-refractivity contribution in [1.29, 1.82) is 0 Å². The van der Waals surface area contributed by atoms with Crippen LogP contribution in [0.5, 0.6) is 0 Å². The molecule has 4 heterocycles. The number of aliphatic carboxylic acids is 1. The third-order valence-corrected chi connectivity index (χ3v) is 21.3. The van der Waals surface area contributed by atoms with E-state index in [-0.39, 0.29) is 39.9 Å². The fourth-order valence-corrected chi connectivity index (χ4v) is 16.5. The fourth-order valence-electron chi connectivity index (χ4n) is 16.5. The van der Waals surface area contributed by atoms with E-state index in [1.807, 2.05) is 0 Å². The maximum absolute atomic E-state index is 15.0. The second-order valence-corrected chi connectivity index (χ2v) is 26.0. The number of aliphatic hydroxyl groups excluding tert-OH is 14. The molecule has 9 rings (SSSR count). The van der Waals surface area contributed by atoms with Crippen molar-refractivity contribution in [3.63, 3.8) is 0 Å². The van der Waals surface area contributed by atoms with Crippen LogP contribution >= 0.6 is 0 Å².